The molecule has 5 rings (SSSR count). The molecule has 3 aliphatic carbocycles. The van der Waals surface area contributed by atoms with Crippen LogP contribution in [0, 0.1) is 0 Å². The summed E-state index contributed by atoms with van der Waals surface area (Å²) in [5, 5.41) is 0. The number of pyridine rings is 1. The quantitative estimate of drug-likeness (QED) is 0.654. The third-order valence-corrected chi connectivity index (χ3v) is 7.15. The summed E-state index contributed by atoms with van der Waals surface area (Å²) < 4.78 is 0. The maximum atomic E-state index is 5.29. The molecule has 1 aromatic heterocycles. The molecule has 3 aliphatic rings. The van der Waals surface area contributed by atoms with E-state index >= 15 is 0 Å². The van der Waals surface area contributed by atoms with Crippen LogP contribution in [0.2, 0.25) is 0 Å². The van der Waals surface area contributed by atoms with Crippen molar-refractivity contribution in [1.82, 2.24) is 4.98 Å². The molecule has 1 heteroatoms. The van der Waals surface area contributed by atoms with Crippen molar-refractivity contribution >= 4 is 0 Å². The highest BCUT2D eigenvalue weighted by Crippen LogP contribution is 2.56. The molecule has 1 aromatic carbocycles. The number of rotatable bonds is 1. The summed E-state index contributed by atoms with van der Waals surface area (Å²) >= 11 is 0. The Hall–Kier alpha value is -1.63. The molecule has 2 aromatic rings. The van der Waals surface area contributed by atoms with Gasteiger partial charge in [0.1, 0.15) is 0 Å². The van der Waals surface area contributed by atoms with E-state index in [9.17, 15) is 0 Å². The van der Waals surface area contributed by atoms with Gasteiger partial charge in [-0.15, -0.1) is 0 Å². The van der Waals surface area contributed by atoms with Crippen LogP contribution in [0.15, 0.2) is 30.3 Å². The average molecular weight is 317 g/mol. The molecule has 0 N–H and O–H groups in total. The Morgan fingerprint density at radius 3 is 2.21 bits per heavy atom. The highest BCUT2D eigenvalue weighted by Gasteiger charge is 2.48. The lowest BCUT2D eigenvalue weighted by atomic mass is 9.54. The zero-order chi connectivity index (χ0) is 16.4. The second kappa shape index (κ2) is 4.94. The third-order valence-electron chi connectivity index (χ3n) is 7.15. The van der Waals surface area contributed by atoms with E-state index in [-0.39, 0.29) is 0 Å². The fraction of sp³-hybridized carbons (Fsp3) is 0.522. The van der Waals surface area contributed by atoms with Crippen LogP contribution in [0.25, 0.3) is 11.3 Å². The topological polar surface area (TPSA) is 12.9 Å². The molecule has 1 heterocycles. The minimum Gasteiger partial charge on any atom is -0.252 e. The first-order valence-corrected chi connectivity index (χ1v) is 9.73. The molecule has 0 fully saturated rings. The van der Waals surface area contributed by atoms with Crippen molar-refractivity contribution in [1.29, 1.82) is 0 Å². The number of hydrogen-bond donors (Lipinski definition) is 0. The molecular formula is C23H27N. The van der Waals surface area contributed by atoms with Gasteiger partial charge in [0, 0.05) is 11.3 Å². The van der Waals surface area contributed by atoms with Crippen LogP contribution in [0.1, 0.15) is 74.8 Å². The van der Waals surface area contributed by atoms with Gasteiger partial charge in [0.05, 0.1) is 5.69 Å². The van der Waals surface area contributed by atoms with Crippen molar-refractivity contribution in [3.8, 4) is 11.3 Å². The number of aromatic nitrogens is 1. The number of benzene rings is 1. The first-order chi connectivity index (χ1) is 11.6. The standard InChI is InChI=1S/C23H27N/c1-22-12-6-10-17-19(22)20-18(11-7-13-23(20,2)15-14-22)24-21(17)16-8-4-3-5-9-16/h3-5,8-9H,6-7,10-15H2,1-2H3. The maximum Gasteiger partial charge on any atom is 0.0740 e. The first-order valence-electron chi connectivity index (χ1n) is 9.73. The van der Waals surface area contributed by atoms with E-state index in [2.05, 4.69) is 44.2 Å². The lowest BCUT2D eigenvalue weighted by Crippen LogP contribution is -2.43. The largest absolute Gasteiger partial charge is 0.252 e. The average Bonchev–Trinajstić information content (AvgIpc) is 2.60. The van der Waals surface area contributed by atoms with E-state index in [1.807, 2.05) is 0 Å². The van der Waals surface area contributed by atoms with Crippen LogP contribution >= 0.6 is 0 Å². The third kappa shape index (κ3) is 1.90. The van der Waals surface area contributed by atoms with Gasteiger partial charge in [0.25, 0.3) is 0 Å². The zero-order valence-electron chi connectivity index (χ0n) is 15.0. The van der Waals surface area contributed by atoms with E-state index in [1.165, 1.54) is 68.3 Å². The SMILES string of the molecule is CC12CCCc3nc(-c4ccccc4)c4c(c31)C(C)(CCC4)CC2. The molecule has 2 atom stereocenters. The Morgan fingerprint density at radius 2 is 1.46 bits per heavy atom. The van der Waals surface area contributed by atoms with Crippen molar-refractivity contribution in [2.75, 3.05) is 0 Å². The molecule has 124 valence electrons. The number of nitrogens with zero attached hydrogens (tertiary/aromatic N) is 1. The van der Waals surface area contributed by atoms with Gasteiger partial charge in [0.2, 0.25) is 0 Å². The summed E-state index contributed by atoms with van der Waals surface area (Å²) in [6.45, 7) is 5.05. The fourth-order valence-corrected chi connectivity index (χ4v) is 5.85. The van der Waals surface area contributed by atoms with Crippen LogP contribution < -0.4 is 0 Å². The molecule has 0 aliphatic heterocycles. The molecule has 2 unspecified atom stereocenters. The Bertz CT molecular complexity index is 807. The monoisotopic (exact) mass is 317 g/mol. The first kappa shape index (κ1) is 14.7. The van der Waals surface area contributed by atoms with Crippen molar-refractivity contribution in [2.45, 2.75) is 76.0 Å². The van der Waals surface area contributed by atoms with Crippen LogP contribution in [0.5, 0.6) is 0 Å². The van der Waals surface area contributed by atoms with Gasteiger partial charge in [-0.3, -0.25) is 4.98 Å². The highest BCUT2D eigenvalue weighted by molar-refractivity contribution is 5.69. The van der Waals surface area contributed by atoms with Crippen LogP contribution in [-0.4, -0.2) is 4.98 Å². The molecule has 0 spiro atoms. The number of aryl methyl sites for hydroxylation is 1. The maximum absolute atomic E-state index is 5.29. The van der Waals surface area contributed by atoms with Crippen molar-refractivity contribution in [3.63, 3.8) is 0 Å². The van der Waals surface area contributed by atoms with Gasteiger partial charge in [-0.1, -0.05) is 44.2 Å². The van der Waals surface area contributed by atoms with Gasteiger partial charge in [-0.05, 0) is 78.9 Å². The summed E-state index contributed by atoms with van der Waals surface area (Å²) in [4.78, 5) is 5.29. The minimum atomic E-state index is 0.386. The van der Waals surface area contributed by atoms with Gasteiger partial charge in [-0.25, -0.2) is 0 Å². The smallest absolute Gasteiger partial charge is 0.0740 e. The van der Waals surface area contributed by atoms with Gasteiger partial charge >= 0.3 is 0 Å². The van der Waals surface area contributed by atoms with Crippen LogP contribution in [0.4, 0.5) is 0 Å². The lowest BCUT2D eigenvalue weighted by molar-refractivity contribution is 0.241. The Kier molecular flexibility index (Phi) is 3.02. The molecule has 0 radical (unpaired) electrons. The summed E-state index contributed by atoms with van der Waals surface area (Å²) in [6.07, 6.45) is 10.5. The molecule has 0 saturated heterocycles. The summed E-state index contributed by atoms with van der Waals surface area (Å²) in [7, 11) is 0. The van der Waals surface area contributed by atoms with Gasteiger partial charge < -0.3 is 0 Å². The normalized spacial score (nSPS) is 30.8. The minimum absolute atomic E-state index is 0.386. The van der Waals surface area contributed by atoms with E-state index in [0.717, 1.165) is 0 Å². The van der Waals surface area contributed by atoms with Crippen LogP contribution in [0.3, 0.4) is 0 Å². The van der Waals surface area contributed by atoms with Crippen molar-refractivity contribution in [2.24, 2.45) is 0 Å². The molecule has 24 heavy (non-hydrogen) atoms. The predicted molar refractivity (Wildman–Crippen MR) is 99.5 cm³/mol. The second-order valence-corrected chi connectivity index (χ2v) is 8.83. The van der Waals surface area contributed by atoms with Gasteiger partial charge in [-0.2, -0.15) is 0 Å². The molecule has 0 bridgehead atoms. The van der Waals surface area contributed by atoms with Crippen molar-refractivity contribution < 1.29 is 0 Å². The van der Waals surface area contributed by atoms with E-state index < -0.39 is 0 Å². The van der Waals surface area contributed by atoms with E-state index in [0.29, 0.717) is 10.8 Å². The molecule has 0 saturated carbocycles. The summed E-state index contributed by atoms with van der Waals surface area (Å²) in [6, 6.07) is 10.9. The summed E-state index contributed by atoms with van der Waals surface area (Å²) in [5.41, 5.74) is 9.80. The second-order valence-electron chi connectivity index (χ2n) is 8.83. The highest BCUT2D eigenvalue weighted by atomic mass is 14.8. The fourth-order valence-electron chi connectivity index (χ4n) is 5.85. The Labute approximate surface area is 145 Å². The Morgan fingerprint density at radius 1 is 0.792 bits per heavy atom. The van der Waals surface area contributed by atoms with Crippen molar-refractivity contribution in [3.05, 3.63) is 52.7 Å². The lowest BCUT2D eigenvalue weighted by Gasteiger charge is -2.51. The predicted octanol–water partition coefficient (Wildman–Crippen LogP) is 5.73. The molecular weight excluding hydrogens is 290 g/mol. The Balaban J connectivity index is 1.86. The zero-order valence-corrected chi connectivity index (χ0v) is 15.0. The number of hydrogen-bond acceptors (Lipinski definition) is 1. The summed E-state index contributed by atoms with van der Waals surface area (Å²) in [5.74, 6) is 0. The van der Waals surface area contributed by atoms with Gasteiger partial charge in [0.15, 0.2) is 0 Å². The molecule has 1 nitrogen and oxygen atoms in total. The van der Waals surface area contributed by atoms with Crippen LogP contribution in [-0.2, 0) is 23.7 Å². The molecule has 0 amide bonds. The van der Waals surface area contributed by atoms with E-state index in [4.69, 9.17) is 4.98 Å². The van der Waals surface area contributed by atoms with E-state index in [1.54, 1.807) is 16.7 Å².